The Kier molecular flexibility index (Phi) is 4.24. The molecule has 1 aromatic carbocycles. The number of nitrogens with zero attached hydrogens (tertiary/aromatic N) is 3. The van der Waals surface area contributed by atoms with Gasteiger partial charge in [-0.15, -0.1) is 4.36 Å². The number of alkyl halides is 1. The summed E-state index contributed by atoms with van der Waals surface area (Å²) < 4.78 is 38.3. The summed E-state index contributed by atoms with van der Waals surface area (Å²) in [7, 11) is -3.57. The van der Waals surface area contributed by atoms with Crippen LogP contribution in [0.4, 0.5) is 14.9 Å². The minimum atomic E-state index is -3.57. The number of rotatable bonds is 2. The molecule has 2 heterocycles. The molecule has 160 valence electrons. The van der Waals surface area contributed by atoms with Crippen molar-refractivity contribution in [1.82, 2.24) is 9.78 Å². The van der Waals surface area contributed by atoms with E-state index in [2.05, 4.69) is 20.8 Å². The van der Waals surface area contributed by atoms with Gasteiger partial charge in [-0.05, 0) is 55.4 Å². The fourth-order valence-electron chi connectivity index (χ4n) is 4.68. The molecule has 3 aliphatic rings. The molecule has 1 aliphatic heterocycles. The zero-order valence-electron chi connectivity index (χ0n) is 16.9. The van der Waals surface area contributed by atoms with Crippen LogP contribution < -0.4 is 15.2 Å². The minimum absolute atomic E-state index is 0.0931. The first-order chi connectivity index (χ1) is 14.1. The highest BCUT2D eigenvalue weighted by Gasteiger charge is 2.36. The molecule has 2 atom stereocenters. The van der Waals surface area contributed by atoms with Gasteiger partial charge in [0.1, 0.15) is 16.7 Å². The van der Waals surface area contributed by atoms with E-state index in [9.17, 15) is 13.4 Å². The first-order valence-corrected chi connectivity index (χ1v) is 11.6. The van der Waals surface area contributed by atoms with Crippen LogP contribution in [0.5, 0.6) is 5.88 Å². The van der Waals surface area contributed by atoms with Crippen LogP contribution in [0.1, 0.15) is 42.5 Å². The number of ether oxygens (including phenoxy) is 1. The fourth-order valence-corrected chi connectivity index (χ4v) is 5.67. The highest BCUT2D eigenvalue weighted by molar-refractivity contribution is 7.91. The Morgan fingerprint density at radius 2 is 2.17 bits per heavy atom. The SMILES string of the molecule is CC1(C)Cn2ncc(S(N)(=O)=NC(=O)Nc3c4c(cc5c3C[C@@H](F)C5)CCC4)c2O1. The smallest absolute Gasteiger partial charge is 0.354 e. The van der Waals surface area contributed by atoms with Crippen molar-refractivity contribution in [3.63, 3.8) is 0 Å². The van der Waals surface area contributed by atoms with Crippen LogP contribution in [-0.4, -0.2) is 31.8 Å². The van der Waals surface area contributed by atoms with Gasteiger partial charge >= 0.3 is 6.03 Å². The second-order valence-corrected chi connectivity index (χ2v) is 10.6. The van der Waals surface area contributed by atoms with Gasteiger partial charge in [0.2, 0.25) is 5.88 Å². The van der Waals surface area contributed by atoms with Gasteiger partial charge in [-0.3, -0.25) is 0 Å². The number of carbonyl (C=O) groups excluding carboxylic acids is 1. The van der Waals surface area contributed by atoms with E-state index in [0.29, 0.717) is 18.7 Å². The summed E-state index contributed by atoms with van der Waals surface area (Å²) in [5.41, 5.74) is 4.00. The Labute approximate surface area is 174 Å². The Morgan fingerprint density at radius 3 is 2.97 bits per heavy atom. The standard InChI is InChI=1S/C20H24FN5O3S/c1-20(2)10-26-18(29-20)16(9-23-26)30(22,28)25-19(27)24-17-14-5-3-4-11(14)6-12-7-13(21)8-15(12)17/h6,9,13H,3-5,7-8,10H2,1-2H3,(H3,22,24,25,27,28)/t13-,30?/m0/s1. The van der Waals surface area contributed by atoms with Crippen LogP contribution in [0.3, 0.4) is 0 Å². The molecular formula is C20H24FN5O3S. The summed E-state index contributed by atoms with van der Waals surface area (Å²) in [6, 6.07) is 1.25. The van der Waals surface area contributed by atoms with Crippen LogP contribution in [0, 0.1) is 0 Å². The van der Waals surface area contributed by atoms with Crippen molar-refractivity contribution in [1.29, 1.82) is 0 Å². The summed E-state index contributed by atoms with van der Waals surface area (Å²) in [5.74, 6) is 0.269. The largest absolute Gasteiger partial charge is 0.469 e. The molecule has 10 heteroatoms. The summed E-state index contributed by atoms with van der Waals surface area (Å²) in [6.45, 7) is 4.24. The molecule has 2 aromatic rings. The molecule has 0 saturated heterocycles. The lowest BCUT2D eigenvalue weighted by Gasteiger charge is -2.16. The lowest BCUT2D eigenvalue weighted by Crippen LogP contribution is -2.27. The summed E-state index contributed by atoms with van der Waals surface area (Å²) in [4.78, 5) is 12.8. The Bertz CT molecular complexity index is 1200. The molecule has 1 unspecified atom stereocenters. The minimum Gasteiger partial charge on any atom is -0.469 e. The average Bonchev–Trinajstić information content (AvgIpc) is 3.36. The van der Waals surface area contributed by atoms with Crippen LogP contribution in [0.25, 0.3) is 0 Å². The van der Waals surface area contributed by atoms with E-state index in [1.165, 1.54) is 6.20 Å². The van der Waals surface area contributed by atoms with Gasteiger partial charge in [0.25, 0.3) is 0 Å². The Morgan fingerprint density at radius 1 is 1.37 bits per heavy atom. The van der Waals surface area contributed by atoms with E-state index in [-0.39, 0.29) is 17.2 Å². The van der Waals surface area contributed by atoms with Crippen LogP contribution in [-0.2, 0) is 42.1 Å². The molecule has 5 rings (SSSR count). The fraction of sp³-hybridized carbons (Fsp3) is 0.500. The maximum Gasteiger partial charge on any atom is 0.354 e. The number of amides is 2. The first kappa shape index (κ1) is 19.5. The Hall–Kier alpha value is -2.46. The third kappa shape index (κ3) is 3.18. The van der Waals surface area contributed by atoms with Gasteiger partial charge in [-0.25, -0.2) is 23.2 Å². The number of nitrogens with one attached hydrogen (secondary N) is 1. The molecule has 3 N–H and O–H groups in total. The number of anilines is 1. The number of fused-ring (bicyclic) bond motifs is 3. The number of benzene rings is 1. The van der Waals surface area contributed by atoms with Crippen molar-refractivity contribution in [2.75, 3.05) is 5.32 Å². The molecule has 30 heavy (non-hydrogen) atoms. The van der Waals surface area contributed by atoms with E-state index in [0.717, 1.165) is 41.5 Å². The van der Waals surface area contributed by atoms with E-state index in [1.807, 2.05) is 13.8 Å². The van der Waals surface area contributed by atoms with E-state index in [1.54, 1.807) is 4.68 Å². The molecule has 0 bridgehead atoms. The second-order valence-electron chi connectivity index (χ2n) is 8.81. The lowest BCUT2D eigenvalue weighted by atomic mass is 9.99. The van der Waals surface area contributed by atoms with Crippen molar-refractivity contribution in [3.05, 3.63) is 34.5 Å². The van der Waals surface area contributed by atoms with Crippen LogP contribution in [0.2, 0.25) is 0 Å². The highest BCUT2D eigenvalue weighted by Crippen LogP contribution is 2.39. The van der Waals surface area contributed by atoms with Crippen LogP contribution >= 0.6 is 0 Å². The predicted octanol–water partition coefficient (Wildman–Crippen LogP) is 2.91. The van der Waals surface area contributed by atoms with Gasteiger partial charge < -0.3 is 10.1 Å². The number of hydrogen-bond acceptors (Lipinski definition) is 4. The average molecular weight is 434 g/mol. The molecule has 1 aromatic heterocycles. The van der Waals surface area contributed by atoms with E-state index < -0.39 is 27.7 Å². The molecule has 2 amide bonds. The molecule has 0 spiro atoms. The summed E-state index contributed by atoms with van der Waals surface area (Å²) in [5, 5.41) is 12.9. The highest BCUT2D eigenvalue weighted by atomic mass is 32.2. The second kappa shape index (κ2) is 6.52. The van der Waals surface area contributed by atoms with Crippen LogP contribution in [0.15, 0.2) is 21.5 Å². The molecule has 2 aliphatic carbocycles. The molecule has 0 fully saturated rings. The Balaban J connectivity index is 1.48. The lowest BCUT2D eigenvalue weighted by molar-refractivity contribution is 0.132. The number of nitrogens with two attached hydrogens (primary N) is 1. The van der Waals surface area contributed by atoms with E-state index in [4.69, 9.17) is 9.88 Å². The molecule has 0 radical (unpaired) electrons. The number of hydrogen-bond donors (Lipinski definition) is 2. The molecule has 8 nitrogen and oxygen atoms in total. The van der Waals surface area contributed by atoms with Gasteiger partial charge in [-0.1, -0.05) is 6.07 Å². The van der Waals surface area contributed by atoms with Gasteiger partial charge in [0.15, 0.2) is 9.92 Å². The van der Waals surface area contributed by atoms with Gasteiger partial charge in [0, 0.05) is 18.5 Å². The third-order valence-electron chi connectivity index (χ3n) is 5.90. The molecule has 0 saturated carbocycles. The number of aryl methyl sites for hydroxylation is 1. The first-order valence-electron chi connectivity index (χ1n) is 10.0. The zero-order chi connectivity index (χ0) is 21.3. The normalized spacial score (nSPS) is 22.6. The quantitative estimate of drug-likeness (QED) is 0.758. The van der Waals surface area contributed by atoms with Crippen molar-refractivity contribution >= 4 is 21.6 Å². The number of halogens is 1. The van der Waals surface area contributed by atoms with Gasteiger partial charge in [-0.2, -0.15) is 5.10 Å². The molecular weight excluding hydrogens is 409 g/mol. The monoisotopic (exact) mass is 433 g/mol. The maximum atomic E-state index is 14.0. The van der Waals surface area contributed by atoms with Crippen molar-refractivity contribution < 1.29 is 18.1 Å². The third-order valence-corrected chi connectivity index (χ3v) is 7.24. The summed E-state index contributed by atoms with van der Waals surface area (Å²) >= 11 is 0. The predicted molar refractivity (Wildman–Crippen MR) is 110 cm³/mol. The van der Waals surface area contributed by atoms with E-state index >= 15 is 0 Å². The topological polar surface area (TPSA) is 112 Å². The number of carbonyl (C=O) groups is 1. The van der Waals surface area contributed by atoms with Crippen molar-refractivity contribution in [2.24, 2.45) is 9.50 Å². The maximum absolute atomic E-state index is 14.0. The number of aromatic nitrogens is 2. The van der Waals surface area contributed by atoms with Crippen molar-refractivity contribution in [3.8, 4) is 5.88 Å². The summed E-state index contributed by atoms with van der Waals surface area (Å²) in [6.07, 6.45) is 3.69. The number of urea groups is 1. The van der Waals surface area contributed by atoms with Gasteiger partial charge in [0.05, 0.1) is 12.7 Å². The zero-order valence-corrected chi connectivity index (χ0v) is 17.7. The van der Waals surface area contributed by atoms with Crippen molar-refractivity contribution in [2.45, 2.75) is 69.2 Å².